The Labute approximate surface area is 182 Å². The second-order valence-electron chi connectivity index (χ2n) is 7.61. The van der Waals surface area contributed by atoms with E-state index in [1.165, 1.54) is 12.1 Å². The predicted octanol–water partition coefficient (Wildman–Crippen LogP) is 5.61. The van der Waals surface area contributed by atoms with E-state index >= 15 is 0 Å². The summed E-state index contributed by atoms with van der Waals surface area (Å²) in [7, 11) is 0. The van der Waals surface area contributed by atoms with Crippen molar-refractivity contribution in [2.24, 2.45) is 0 Å². The van der Waals surface area contributed by atoms with E-state index < -0.39 is 5.97 Å². The molecule has 2 aliphatic heterocycles. The highest BCUT2D eigenvalue weighted by Crippen LogP contribution is 2.46. The third-order valence-electron chi connectivity index (χ3n) is 5.54. The maximum absolute atomic E-state index is 13.4. The molecule has 5 rings (SSSR count). The van der Waals surface area contributed by atoms with Gasteiger partial charge in [-0.25, -0.2) is 4.39 Å². The van der Waals surface area contributed by atoms with E-state index in [2.05, 4.69) is 0 Å². The zero-order valence-corrected chi connectivity index (χ0v) is 17.1. The molecular weight excluding hydrogens is 423 g/mol. The van der Waals surface area contributed by atoms with Crippen LogP contribution in [0, 0.1) is 5.82 Å². The van der Waals surface area contributed by atoms with Crippen molar-refractivity contribution in [3.05, 3.63) is 76.6 Å². The van der Waals surface area contributed by atoms with E-state index in [0.717, 1.165) is 22.3 Å². The summed E-state index contributed by atoms with van der Waals surface area (Å²) in [6.07, 6.45) is -0.338. The molecule has 1 N–H and O–H groups in total. The molecule has 3 aromatic rings. The predicted molar refractivity (Wildman–Crippen MR) is 113 cm³/mol. The lowest BCUT2D eigenvalue weighted by Gasteiger charge is -2.27. The summed E-state index contributed by atoms with van der Waals surface area (Å²) in [5.74, 6) is 0.311. The summed E-state index contributed by atoms with van der Waals surface area (Å²) in [6.45, 7) is 0.630. The van der Waals surface area contributed by atoms with Gasteiger partial charge in [-0.1, -0.05) is 29.8 Å². The van der Waals surface area contributed by atoms with Crippen LogP contribution in [0.2, 0.25) is 5.02 Å². The molecule has 5 nitrogen and oxygen atoms in total. The molecular formula is C24H18ClFO5. The van der Waals surface area contributed by atoms with E-state index in [-0.39, 0.29) is 24.3 Å². The third-order valence-corrected chi connectivity index (χ3v) is 5.85. The summed E-state index contributed by atoms with van der Waals surface area (Å²) in [5, 5.41) is 9.44. The molecule has 2 heterocycles. The Kier molecular flexibility index (Phi) is 4.94. The smallest absolute Gasteiger partial charge is 0.304 e. The Bertz CT molecular complexity index is 1180. The molecule has 31 heavy (non-hydrogen) atoms. The van der Waals surface area contributed by atoms with Crippen molar-refractivity contribution >= 4 is 17.6 Å². The Balaban J connectivity index is 1.41. The van der Waals surface area contributed by atoms with Crippen molar-refractivity contribution in [2.75, 3.05) is 13.2 Å². The molecule has 0 bridgehead atoms. The van der Waals surface area contributed by atoms with Gasteiger partial charge in [0.2, 0.25) is 0 Å². The van der Waals surface area contributed by atoms with E-state index in [1.807, 2.05) is 30.3 Å². The fourth-order valence-electron chi connectivity index (χ4n) is 4.01. The number of hydrogen-bond donors (Lipinski definition) is 1. The van der Waals surface area contributed by atoms with Gasteiger partial charge in [-0.05, 0) is 41.5 Å². The first kappa shape index (κ1) is 19.7. The number of aliphatic carboxylic acids is 1. The van der Waals surface area contributed by atoms with Crippen LogP contribution >= 0.6 is 11.6 Å². The van der Waals surface area contributed by atoms with Crippen LogP contribution in [0.4, 0.5) is 4.39 Å². The van der Waals surface area contributed by atoms with E-state index in [1.54, 1.807) is 12.1 Å². The number of hydrogen-bond acceptors (Lipinski definition) is 4. The van der Waals surface area contributed by atoms with E-state index in [0.29, 0.717) is 35.5 Å². The van der Waals surface area contributed by atoms with Crippen LogP contribution < -0.4 is 14.2 Å². The number of halogens is 2. The molecule has 0 aromatic heterocycles. The SMILES string of the molecule is O=C(O)C[C@@H]1COc2cc3c(cc21)OCC(c1cccc(-c2ccc(F)cc2Cl)c1)O3. The van der Waals surface area contributed by atoms with Gasteiger partial charge >= 0.3 is 5.97 Å². The summed E-state index contributed by atoms with van der Waals surface area (Å²) in [6, 6.07) is 15.6. The van der Waals surface area contributed by atoms with E-state index in [4.69, 9.17) is 30.9 Å². The molecule has 0 saturated carbocycles. The summed E-state index contributed by atoms with van der Waals surface area (Å²) >= 11 is 6.22. The van der Waals surface area contributed by atoms with Crippen molar-refractivity contribution in [1.29, 1.82) is 0 Å². The van der Waals surface area contributed by atoms with Gasteiger partial charge in [0.15, 0.2) is 17.6 Å². The molecule has 1 unspecified atom stereocenters. The maximum Gasteiger partial charge on any atom is 0.304 e. The monoisotopic (exact) mass is 440 g/mol. The van der Waals surface area contributed by atoms with Crippen molar-refractivity contribution in [3.8, 4) is 28.4 Å². The normalized spacial score (nSPS) is 18.9. The highest BCUT2D eigenvalue weighted by atomic mass is 35.5. The van der Waals surface area contributed by atoms with Crippen LogP contribution in [-0.2, 0) is 4.79 Å². The molecule has 0 radical (unpaired) electrons. The lowest BCUT2D eigenvalue weighted by Crippen LogP contribution is -2.21. The van der Waals surface area contributed by atoms with Gasteiger partial charge in [0.05, 0.1) is 18.1 Å². The molecule has 158 valence electrons. The van der Waals surface area contributed by atoms with Gasteiger partial charge in [-0.3, -0.25) is 4.79 Å². The molecule has 7 heteroatoms. The van der Waals surface area contributed by atoms with Crippen LogP contribution in [0.3, 0.4) is 0 Å². The van der Waals surface area contributed by atoms with E-state index in [9.17, 15) is 9.18 Å². The number of carboxylic acid groups (broad SMARTS) is 1. The van der Waals surface area contributed by atoms with Crippen LogP contribution in [0.15, 0.2) is 54.6 Å². The Morgan fingerprint density at radius 2 is 1.87 bits per heavy atom. The second-order valence-corrected chi connectivity index (χ2v) is 8.02. The van der Waals surface area contributed by atoms with Crippen molar-refractivity contribution < 1.29 is 28.5 Å². The molecule has 0 amide bonds. The highest BCUT2D eigenvalue weighted by molar-refractivity contribution is 6.33. The van der Waals surface area contributed by atoms with Gasteiger partial charge in [0.1, 0.15) is 18.2 Å². The first-order valence-corrected chi connectivity index (χ1v) is 10.2. The summed E-state index contributed by atoms with van der Waals surface area (Å²) in [5.41, 5.74) is 3.31. The van der Waals surface area contributed by atoms with Crippen molar-refractivity contribution in [3.63, 3.8) is 0 Å². The fourth-order valence-corrected chi connectivity index (χ4v) is 4.29. The lowest BCUT2D eigenvalue weighted by molar-refractivity contribution is -0.137. The van der Waals surface area contributed by atoms with Crippen LogP contribution in [0.25, 0.3) is 11.1 Å². The number of benzene rings is 3. The topological polar surface area (TPSA) is 65.0 Å². The zero-order chi connectivity index (χ0) is 21.5. The Morgan fingerprint density at radius 1 is 1.03 bits per heavy atom. The largest absolute Gasteiger partial charge is 0.492 e. The minimum absolute atomic E-state index is 0.00794. The summed E-state index contributed by atoms with van der Waals surface area (Å²) < 4.78 is 31.2. The lowest BCUT2D eigenvalue weighted by atomic mass is 9.97. The summed E-state index contributed by atoms with van der Waals surface area (Å²) in [4.78, 5) is 11.1. The Morgan fingerprint density at radius 3 is 2.68 bits per heavy atom. The van der Waals surface area contributed by atoms with Crippen LogP contribution in [-0.4, -0.2) is 24.3 Å². The quantitative estimate of drug-likeness (QED) is 0.571. The number of rotatable bonds is 4. The first-order valence-electron chi connectivity index (χ1n) is 9.85. The van der Waals surface area contributed by atoms with Gasteiger partial charge in [0.25, 0.3) is 0 Å². The maximum atomic E-state index is 13.4. The first-order chi connectivity index (χ1) is 15.0. The number of carboxylic acids is 1. The van der Waals surface area contributed by atoms with Gasteiger partial charge < -0.3 is 19.3 Å². The third kappa shape index (κ3) is 3.79. The minimum atomic E-state index is -0.863. The zero-order valence-electron chi connectivity index (χ0n) is 16.3. The number of ether oxygens (including phenoxy) is 3. The highest BCUT2D eigenvalue weighted by Gasteiger charge is 2.31. The molecule has 0 fully saturated rings. The number of carbonyl (C=O) groups is 1. The average Bonchev–Trinajstić information content (AvgIpc) is 3.12. The average molecular weight is 441 g/mol. The van der Waals surface area contributed by atoms with Gasteiger partial charge in [0, 0.05) is 23.1 Å². The standard InChI is InChI=1S/C24H18ClFO5/c25-19-8-16(26)4-5-17(19)13-2-1-3-14(6-13)23-12-30-21-9-18-15(7-24(27)28)11-29-20(18)10-22(21)31-23/h1-6,8-10,15,23H,7,11-12H2,(H,27,28)/t15-,23?/m1/s1. The Hall–Kier alpha value is -3.25. The minimum Gasteiger partial charge on any atom is -0.492 e. The molecule has 2 atom stereocenters. The van der Waals surface area contributed by atoms with Gasteiger partial charge in [-0.15, -0.1) is 0 Å². The van der Waals surface area contributed by atoms with Crippen molar-refractivity contribution in [1.82, 2.24) is 0 Å². The second kappa shape index (κ2) is 7.78. The fraction of sp³-hybridized carbons (Fsp3) is 0.208. The number of fused-ring (bicyclic) bond motifs is 2. The molecule has 3 aromatic carbocycles. The molecule has 0 spiro atoms. The van der Waals surface area contributed by atoms with Crippen LogP contribution in [0.1, 0.15) is 29.6 Å². The van der Waals surface area contributed by atoms with Crippen molar-refractivity contribution in [2.45, 2.75) is 18.4 Å². The van der Waals surface area contributed by atoms with Crippen LogP contribution in [0.5, 0.6) is 17.2 Å². The van der Waals surface area contributed by atoms with Gasteiger partial charge in [-0.2, -0.15) is 0 Å². The molecule has 2 aliphatic rings. The molecule has 0 aliphatic carbocycles. The molecule has 0 saturated heterocycles.